The fourth-order valence-electron chi connectivity index (χ4n) is 2.41. The van der Waals surface area contributed by atoms with E-state index in [-0.39, 0.29) is 17.2 Å². The Bertz CT molecular complexity index is 943. The molecular formula is C16H16N6O3. The van der Waals surface area contributed by atoms with Crippen molar-refractivity contribution in [2.24, 2.45) is 7.05 Å². The summed E-state index contributed by atoms with van der Waals surface area (Å²) in [5.74, 6) is -1.81. The van der Waals surface area contributed by atoms with Crippen LogP contribution in [0.4, 0.5) is 5.95 Å². The molecule has 0 aliphatic heterocycles. The molecule has 0 fully saturated rings. The Kier molecular flexibility index (Phi) is 4.29. The first-order valence-corrected chi connectivity index (χ1v) is 7.45. The molecule has 0 aliphatic rings. The van der Waals surface area contributed by atoms with Gasteiger partial charge < -0.3 is 5.11 Å². The molecule has 0 unspecified atom stereocenters. The first kappa shape index (κ1) is 16.4. The zero-order valence-corrected chi connectivity index (χ0v) is 13.7. The summed E-state index contributed by atoms with van der Waals surface area (Å²) < 4.78 is 2.86. The van der Waals surface area contributed by atoms with Crippen molar-refractivity contribution in [1.82, 2.24) is 24.5 Å². The summed E-state index contributed by atoms with van der Waals surface area (Å²) in [6.45, 7) is 2.52. The second-order valence-corrected chi connectivity index (χ2v) is 5.58. The molecule has 0 saturated heterocycles. The standard InChI is InChI=1S/C16H16N6O3/c1-10-4-3-5-11(6-10)7-22-9-17-16(20-22)18-14(23)12-8-21(2)19-13(12)15(24)25/h3-6,8-9H,7H2,1-2H3,(H,24,25)(H,18,20,23). The molecule has 0 saturated carbocycles. The molecule has 3 aromatic rings. The molecule has 128 valence electrons. The fraction of sp³-hybridized carbons (Fsp3) is 0.188. The summed E-state index contributed by atoms with van der Waals surface area (Å²) >= 11 is 0. The van der Waals surface area contributed by atoms with Crippen LogP contribution in [-0.2, 0) is 13.6 Å². The summed E-state index contributed by atoms with van der Waals surface area (Å²) in [6, 6.07) is 7.97. The molecule has 0 radical (unpaired) electrons. The van der Waals surface area contributed by atoms with Crippen molar-refractivity contribution >= 4 is 17.8 Å². The summed E-state index contributed by atoms with van der Waals surface area (Å²) in [7, 11) is 1.54. The molecule has 1 amide bonds. The number of aromatic nitrogens is 5. The minimum absolute atomic E-state index is 0.0509. The Morgan fingerprint density at radius 1 is 1.28 bits per heavy atom. The molecule has 0 atom stereocenters. The number of carboxylic acid groups (broad SMARTS) is 1. The van der Waals surface area contributed by atoms with Gasteiger partial charge in [-0.25, -0.2) is 14.5 Å². The third-order valence-corrected chi connectivity index (χ3v) is 3.46. The summed E-state index contributed by atoms with van der Waals surface area (Å²) in [5.41, 5.74) is 1.83. The van der Waals surface area contributed by atoms with Crippen molar-refractivity contribution in [2.75, 3.05) is 5.32 Å². The Labute approximate surface area is 142 Å². The Morgan fingerprint density at radius 2 is 2.08 bits per heavy atom. The van der Waals surface area contributed by atoms with Gasteiger partial charge in [-0.3, -0.25) is 14.8 Å². The van der Waals surface area contributed by atoms with E-state index < -0.39 is 11.9 Å². The molecule has 3 rings (SSSR count). The topological polar surface area (TPSA) is 115 Å². The zero-order chi connectivity index (χ0) is 18.0. The van der Waals surface area contributed by atoms with Gasteiger partial charge in [0, 0.05) is 13.2 Å². The van der Waals surface area contributed by atoms with Crippen LogP contribution in [0.15, 0.2) is 36.8 Å². The van der Waals surface area contributed by atoms with Crippen LogP contribution in [0.3, 0.4) is 0 Å². The van der Waals surface area contributed by atoms with Gasteiger partial charge in [0.25, 0.3) is 5.91 Å². The van der Waals surface area contributed by atoms with E-state index in [1.165, 1.54) is 24.3 Å². The van der Waals surface area contributed by atoms with E-state index in [4.69, 9.17) is 5.11 Å². The van der Waals surface area contributed by atoms with Crippen molar-refractivity contribution < 1.29 is 14.7 Å². The molecule has 0 bridgehead atoms. The third-order valence-electron chi connectivity index (χ3n) is 3.46. The van der Waals surface area contributed by atoms with Gasteiger partial charge in [0.05, 0.1) is 12.1 Å². The lowest BCUT2D eigenvalue weighted by atomic mass is 10.1. The van der Waals surface area contributed by atoms with Crippen molar-refractivity contribution in [3.63, 3.8) is 0 Å². The SMILES string of the molecule is Cc1cccc(Cn2cnc(NC(=O)c3cn(C)nc3C(=O)O)n2)c1. The third kappa shape index (κ3) is 3.71. The number of anilines is 1. The van der Waals surface area contributed by atoms with Crippen molar-refractivity contribution in [2.45, 2.75) is 13.5 Å². The highest BCUT2D eigenvalue weighted by atomic mass is 16.4. The van der Waals surface area contributed by atoms with Crippen LogP contribution < -0.4 is 5.32 Å². The average molecular weight is 340 g/mol. The maximum Gasteiger partial charge on any atom is 0.357 e. The quantitative estimate of drug-likeness (QED) is 0.724. The van der Waals surface area contributed by atoms with Gasteiger partial charge in [0.2, 0.25) is 5.95 Å². The predicted octanol–water partition coefficient (Wildman–Crippen LogP) is 1.32. The van der Waals surface area contributed by atoms with Crippen molar-refractivity contribution in [3.8, 4) is 0 Å². The summed E-state index contributed by atoms with van der Waals surface area (Å²) in [6.07, 6.45) is 2.84. The highest BCUT2D eigenvalue weighted by Gasteiger charge is 2.21. The van der Waals surface area contributed by atoms with Crippen molar-refractivity contribution in [3.05, 3.63) is 59.2 Å². The monoisotopic (exact) mass is 340 g/mol. The fourth-order valence-corrected chi connectivity index (χ4v) is 2.41. The highest BCUT2D eigenvalue weighted by molar-refractivity contribution is 6.09. The Hall–Kier alpha value is -3.49. The first-order valence-electron chi connectivity index (χ1n) is 7.45. The molecule has 2 heterocycles. The molecule has 2 aromatic heterocycles. The van der Waals surface area contributed by atoms with Crippen LogP contribution in [0.25, 0.3) is 0 Å². The second kappa shape index (κ2) is 6.56. The van der Waals surface area contributed by atoms with Crippen LogP contribution in [-0.4, -0.2) is 41.5 Å². The molecule has 9 heteroatoms. The molecule has 0 aliphatic carbocycles. The first-order chi connectivity index (χ1) is 11.9. The van der Waals surface area contributed by atoms with Gasteiger partial charge in [0.15, 0.2) is 5.69 Å². The van der Waals surface area contributed by atoms with Gasteiger partial charge in [-0.15, -0.1) is 5.10 Å². The number of carboxylic acids is 1. The number of aryl methyl sites for hydroxylation is 2. The van der Waals surface area contributed by atoms with E-state index in [1.54, 1.807) is 4.68 Å². The van der Waals surface area contributed by atoms with E-state index in [1.807, 2.05) is 31.2 Å². The van der Waals surface area contributed by atoms with Crippen LogP contribution in [0.5, 0.6) is 0 Å². The Balaban J connectivity index is 1.73. The minimum Gasteiger partial charge on any atom is -0.476 e. The van der Waals surface area contributed by atoms with E-state index in [9.17, 15) is 9.59 Å². The van der Waals surface area contributed by atoms with Crippen molar-refractivity contribution in [1.29, 1.82) is 0 Å². The number of nitrogens with zero attached hydrogens (tertiary/aromatic N) is 5. The minimum atomic E-state index is -1.27. The van der Waals surface area contributed by atoms with Gasteiger partial charge in [0.1, 0.15) is 6.33 Å². The van der Waals surface area contributed by atoms with Gasteiger partial charge >= 0.3 is 5.97 Å². The van der Waals surface area contributed by atoms with Crippen LogP contribution >= 0.6 is 0 Å². The number of nitrogens with one attached hydrogen (secondary N) is 1. The smallest absolute Gasteiger partial charge is 0.357 e. The zero-order valence-electron chi connectivity index (χ0n) is 13.7. The number of carbonyl (C=O) groups is 2. The van der Waals surface area contributed by atoms with Crippen LogP contribution in [0, 0.1) is 6.92 Å². The number of rotatable bonds is 5. The average Bonchev–Trinajstić information content (AvgIpc) is 3.14. The van der Waals surface area contributed by atoms with Gasteiger partial charge in [-0.1, -0.05) is 29.8 Å². The Morgan fingerprint density at radius 3 is 2.80 bits per heavy atom. The van der Waals surface area contributed by atoms with E-state index in [0.717, 1.165) is 11.1 Å². The number of benzene rings is 1. The summed E-state index contributed by atoms with van der Waals surface area (Å²) in [4.78, 5) is 27.4. The largest absolute Gasteiger partial charge is 0.476 e. The van der Waals surface area contributed by atoms with E-state index >= 15 is 0 Å². The number of carbonyl (C=O) groups excluding carboxylic acids is 1. The number of aromatic carboxylic acids is 1. The normalized spacial score (nSPS) is 10.6. The lowest BCUT2D eigenvalue weighted by Gasteiger charge is -2.02. The number of amides is 1. The molecule has 9 nitrogen and oxygen atoms in total. The maximum absolute atomic E-state index is 12.2. The van der Waals surface area contributed by atoms with Gasteiger partial charge in [-0.05, 0) is 12.5 Å². The lowest BCUT2D eigenvalue weighted by Crippen LogP contribution is -2.16. The van der Waals surface area contributed by atoms with E-state index in [2.05, 4.69) is 20.5 Å². The maximum atomic E-state index is 12.2. The molecule has 0 spiro atoms. The summed E-state index contributed by atoms with van der Waals surface area (Å²) in [5, 5.41) is 19.5. The lowest BCUT2D eigenvalue weighted by molar-refractivity contribution is 0.0685. The molecular weight excluding hydrogens is 324 g/mol. The van der Waals surface area contributed by atoms with Crippen LogP contribution in [0.2, 0.25) is 0 Å². The number of hydrogen-bond acceptors (Lipinski definition) is 5. The molecule has 2 N–H and O–H groups in total. The van der Waals surface area contributed by atoms with E-state index in [0.29, 0.717) is 6.54 Å². The molecule has 1 aromatic carbocycles. The van der Waals surface area contributed by atoms with Crippen LogP contribution in [0.1, 0.15) is 32.0 Å². The molecule has 25 heavy (non-hydrogen) atoms. The second-order valence-electron chi connectivity index (χ2n) is 5.58. The predicted molar refractivity (Wildman–Crippen MR) is 88.4 cm³/mol. The highest BCUT2D eigenvalue weighted by Crippen LogP contribution is 2.10. The number of hydrogen-bond donors (Lipinski definition) is 2. The van der Waals surface area contributed by atoms with Gasteiger partial charge in [-0.2, -0.15) is 5.10 Å².